The van der Waals surface area contributed by atoms with Gasteiger partial charge in [-0.05, 0) is 39.0 Å². The maximum Gasteiger partial charge on any atom is 0.408 e. The van der Waals surface area contributed by atoms with E-state index in [1.807, 2.05) is 0 Å². The molecule has 0 radical (unpaired) electrons. The summed E-state index contributed by atoms with van der Waals surface area (Å²) >= 11 is 0. The van der Waals surface area contributed by atoms with Crippen LogP contribution in [0.25, 0.3) is 10.9 Å². The van der Waals surface area contributed by atoms with Crippen LogP contribution in [-0.2, 0) is 14.3 Å². The predicted octanol–water partition coefficient (Wildman–Crippen LogP) is 3.12. The van der Waals surface area contributed by atoms with E-state index in [4.69, 9.17) is 14.2 Å². The second-order valence-electron chi connectivity index (χ2n) is 6.49. The Labute approximate surface area is 150 Å². The number of methoxy groups -OCH3 is 2. The molecular weight excluding hydrogens is 343 g/mol. The van der Waals surface area contributed by atoms with Crippen molar-refractivity contribution in [3.05, 3.63) is 35.6 Å². The Hall–Kier alpha value is -2.90. The molecule has 1 aromatic heterocycles. The van der Waals surface area contributed by atoms with Crippen molar-refractivity contribution < 1.29 is 28.2 Å². The first-order chi connectivity index (χ1) is 12.2. The number of fused-ring (bicyclic) bond motifs is 1. The summed E-state index contributed by atoms with van der Waals surface area (Å²) in [6, 6.07) is 4.56. The van der Waals surface area contributed by atoms with Gasteiger partial charge in [-0.2, -0.15) is 0 Å². The van der Waals surface area contributed by atoms with E-state index >= 15 is 0 Å². The van der Waals surface area contributed by atoms with Crippen LogP contribution in [0.4, 0.5) is 9.18 Å². The van der Waals surface area contributed by atoms with Crippen LogP contribution in [0.2, 0.25) is 0 Å². The molecule has 1 atom stereocenters. The lowest BCUT2D eigenvalue weighted by Gasteiger charge is -2.23. The van der Waals surface area contributed by atoms with Gasteiger partial charge in [-0.1, -0.05) is 0 Å². The van der Waals surface area contributed by atoms with Gasteiger partial charge in [0.25, 0.3) is 0 Å². The second kappa shape index (κ2) is 7.55. The highest BCUT2D eigenvalue weighted by Gasteiger charge is 2.31. The molecule has 1 aromatic carbocycles. The normalized spacial score (nSPS) is 12.4. The number of nitrogens with one attached hydrogen (secondary N) is 1. The van der Waals surface area contributed by atoms with Crippen molar-refractivity contribution >= 4 is 23.0 Å². The second-order valence-corrected chi connectivity index (χ2v) is 6.49. The number of alkyl carbamates (subject to hydrolysis) is 1. The van der Waals surface area contributed by atoms with Gasteiger partial charge in [0.2, 0.25) is 5.88 Å². The predicted molar refractivity (Wildman–Crippen MR) is 92.4 cm³/mol. The summed E-state index contributed by atoms with van der Waals surface area (Å²) < 4.78 is 29.6. The number of pyridine rings is 1. The van der Waals surface area contributed by atoms with Crippen molar-refractivity contribution in [3.63, 3.8) is 0 Å². The number of carbonyl (C=O) groups excluding carboxylic acids is 2. The third-order valence-corrected chi connectivity index (χ3v) is 3.42. The maximum absolute atomic E-state index is 14.6. The zero-order valence-electron chi connectivity index (χ0n) is 15.3. The van der Waals surface area contributed by atoms with E-state index in [-0.39, 0.29) is 17.0 Å². The molecule has 0 bridgehead atoms. The van der Waals surface area contributed by atoms with Gasteiger partial charge in [-0.3, -0.25) is 0 Å². The van der Waals surface area contributed by atoms with Crippen LogP contribution in [0.1, 0.15) is 32.4 Å². The number of hydrogen-bond acceptors (Lipinski definition) is 6. The van der Waals surface area contributed by atoms with Crippen LogP contribution < -0.4 is 10.1 Å². The molecule has 26 heavy (non-hydrogen) atoms. The van der Waals surface area contributed by atoms with Crippen molar-refractivity contribution in [1.82, 2.24) is 10.3 Å². The summed E-state index contributed by atoms with van der Waals surface area (Å²) in [6.07, 6.45) is -0.882. The molecule has 0 saturated carbocycles. The van der Waals surface area contributed by atoms with E-state index in [9.17, 15) is 14.0 Å². The van der Waals surface area contributed by atoms with Gasteiger partial charge in [0.05, 0.1) is 19.7 Å². The average Bonchev–Trinajstić information content (AvgIpc) is 2.57. The summed E-state index contributed by atoms with van der Waals surface area (Å²) in [5.74, 6) is -1.33. The number of halogens is 1. The summed E-state index contributed by atoms with van der Waals surface area (Å²) in [5.41, 5.74) is -0.737. The fourth-order valence-electron chi connectivity index (χ4n) is 2.35. The molecule has 0 saturated heterocycles. The van der Waals surface area contributed by atoms with E-state index in [1.54, 1.807) is 32.9 Å². The lowest BCUT2D eigenvalue weighted by atomic mass is 10.0. The van der Waals surface area contributed by atoms with Crippen LogP contribution in [-0.4, -0.2) is 36.9 Å². The highest BCUT2D eigenvalue weighted by Crippen LogP contribution is 2.29. The lowest BCUT2D eigenvalue weighted by molar-refractivity contribution is -0.143. The van der Waals surface area contributed by atoms with Crippen LogP contribution in [0.3, 0.4) is 0 Å². The molecule has 140 valence electrons. The number of benzene rings is 1. The van der Waals surface area contributed by atoms with Crippen molar-refractivity contribution in [1.29, 1.82) is 0 Å². The summed E-state index contributed by atoms with van der Waals surface area (Å²) in [5, 5.41) is 2.93. The Kier molecular flexibility index (Phi) is 5.64. The monoisotopic (exact) mass is 364 g/mol. The largest absolute Gasteiger partial charge is 0.481 e. The van der Waals surface area contributed by atoms with E-state index in [0.717, 1.165) is 7.11 Å². The molecule has 0 aliphatic carbocycles. The van der Waals surface area contributed by atoms with Gasteiger partial charge in [0, 0.05) is 17.0 Å². The molecule has 0 aliphatic heterocycles. The summed E-state index contributed by atoms with van der Waals surface area (Å²) in [7, 11) is 2.56. The Bertz CT molecular complexity index is 832. The van der Waals surface area contributed by atoms with Crippen LogP contribution in [0, 0.1) is 5.82 Å². The number of esters is 1. The molecule has 2 rings (SSSR count). The minimum Gasteiger partial charge on any atom is -0.481 e. The van der Waals surface area contributed by atoms with E-state index in [2.05, 4.69) is 10.3 Å². The minimum absolute atomic E-state index is 0.126. The molecule has 0 aliphatic rings. The molecule has 2 aromatic rings. The van der Waals surface area contributed by atoms with Crippen molar-refractivity contribution in [2.45, 2.75) is 32.4 Å². The summed E-state index contributed by atoms with van der Waals surface area (Å²) in [4.78, 5) is 28.6. The third kappa shape index (κ3) is 4.38. The number of aromatic nitrogens is 1. The molecule has 7 nitrogen and oxygen atoms in total. The first-order valence-electron chi connectivity index (χ1n) is 7.86. The molecule has 8 heteroatoms. The fourth-order valence-corrected chi connectivity index (χ4v) is 2.35. The van der Waals surface area contributed by atoms with Gasteiger partial charge in [-0.15, -0.1) is 0 Å². The van der Waals surface area contributed by atoms with E-state index in [0.29, 0.717) is 5.39 Å². The smallest absolute Gasteiger partial charge is 0.408 e. The van der Waals surface area contributed by atoms with Crippen molar-refractivity contribution in [2.75, 3.05) is 14.2 Å². The number of rotatable bonds is 4. The SMILES string of the molecule is COC(=O)C(NC(=O)OC(C)(C)C)c1c(F)ccc2ccc(OC)nc12. The van der Waals surface area contributed by atoms with Gasteiger partial charge in [-0.25, -0.2) is 19.0 Å². The van der Waals surface area contributed by atoms with Crippen LogP contribution in [0.15, 0.2) is 24.3 Å². The van der Waals surface area contributed by atoms with Gasteiger partial charge in [0.15, 0.2) is 6.04 Å². The molecule has 0 fully saturated rings. The van der Waals surface area contributed by atoms with Crippen molar-refractivity contribution in [3.8, 4) is 5.88 Å². The average molecular weight is 364 g/mol. The lowest BCUT2D eigenvalue weighted by Crippen LogP contribution is -2.39. The number of ether oxygens (including phenoxy) is 3. The highest BCUT2D eigenvalue weighted by molar-refractivity contribution is 5.91. The number of hydrogen-bond donors (Lipinski definition) is 1. The van der Waals surface area contributed by atoms with Crippen molar-refractivity contribution in [2.24, 2.45) is 0 Å². The standard InChI is InChI=1S/C18H21FN2O5/c1-18(2,3)26-17(23)21-15(16(22)25-5)13-11(19)8-6-10-7-9-12(24-4)20-14(10)13/h6-9,15H,1-5H3,(H,21,23). The zero-order valence-corrected chi connectivity index (χ0v) is 15.3. The Morgan fingerprint density at radius 1 is 1.15 bits per heavy atom. The minimum atomic E-state index is -1.43. The zero-order chi connectivity index (χ0) is 19.5. The quantitative estimate of drug-likeness (QED) is 0.839. The van der Waals surface area contributed by atoms with Gasteiger partial charge in [0.1, 0.15) is 11.4 Å². The Morgan fingerprint density at radius 3 is 2.38 bits per heavy atom. The fraction of sp³-hybridized carbons (Fsp3) is 0.389. The van der Waals surface area contributed by atoms with E-state index in [1.165, 1.54) is 19.2 Å². The number of nitrogens with zero attached hydrogens (tertiary/aromatic N) is 1. The highest BCUT2D eigenvalue weighted by atomic mass is 19.1. The first-order valence-corrected chi connectivity index (χ1v) is 7.86. The number of carbonyl (C=O) groups is 2. The Morgan fingerprint density at radius 2 is 1.81 bits per heavy atom. The molecule has 1 unspecified atom stereocenters. The first kappa shape index (κ1) is 19.4. The van der Waals surface area contributed by atoms with E-state index < -0.39 is 29.5 Å². The summed E-state index contributed by atoms with van der Waals surface area (Å²) in [6.45, 7) is 5.01. The van der Waals surface area contributed by atoms with Crippen LogP contribution in [0.5, 0.6) is 5.88 Å². The maximum atomic E-state index is 14.6. The Balaban J connectivity index is 2.55. The van der Waals surface area contributed by atoms with Crippen LogP contribution >= 0.6 is 0 Å². The van der Waals surface area contributed by atoms with Gasteiger partial charge >= 0.3 is 12.1 Å². The molecule has 1 amide bonds. The number of amides is 1. The molecule has 0 spiro atoms. The molecular formula is C18H21FN2O5. The molecule has 1 heterocycles. The topological polar surface area (TPSA) is 86.8 Å². The third-order valence-electron chi connectivity index (χ3n) is 3.42. The van der Waals surface area contributed by atoms with Gasteiger partial charge < -0.3 is 19.5 Å². The molecule has 1 N–H and O–H groups in total.